The van der Waals surface area contributed by atoms with Crippen LogP contribution < -0.4 is 11.5 Å². The number of ether oxygens (including phenoxy) is 2. The van der Waals surface area contributed by atoms with Gasteiger partial charge in [-0.1, -0.05) is 74.5 Å². The lowest BCUT2D eigenvalue weighted by Gasteiger charge is -2.06. The molecule has 0 radical (unpaired) electrons. The van der Waals surface area contributed by atoms with Crippen molar-refractivity contribution in [1.29, 1.82) is 0 Å². The molecule has 20 nitrogen and oxygen atoms in total. The maximum Gasteiger partial charge on any atom is 0.344 e. The normalized spacial score (nSPS) is 11.6. The molecule has 20 heteroatoms. The highest BCUT2D eigenvalue weighted by molar-refractivity contribution is 6.01. The molecule has 0 aliphatic rings. The molecule has 0 atom stereocenters. The molecule has 0 unspecified atom stereocenters. The van der Waals surface area contributed by atoms with Crippen molar-refractivity contribution in [2.45, 2.75) is 26.7 Å². The summed E-state index contributed by atoms with van der Waals surface area (Å²) in [5.41, 5.74) is 17.4. The molecule has 294 valence electrons. The molecule has 0 bridgehead atoms. The van der Waals surface area contributed by atoms with Crippen LogP contribution in [-0.4, -0.2) is 75.2 Å². The summed E-state index contributed by atoms with van der Waals surface area (Å²) >= 11 is 0. The maximum atomic E-state index is 13.0. The standard InChI is InChI=1S/C38H38N16O4/c1-7-23-31(43-45-35-27(37(55)57-5)29(49-51(35)3)21-15-11-9-12-16-21)33(39)53(47-23)25-19-26(42-20-41-25)54-34(40)32(24(8-2)48-54)44-46-36-28(38(56)58-6)30(50-52(36)4)22-17-13-10-14-18-22/h9-20H,7-8,39-40H2,1-6H3. The minimum absolute atomic E-state index is 0.125. The second-order valence-corrected chi connectivity index (χ2v) is 12.6. The van der Waals surface area contributed by atoms with Crippen LogP contribution in [0.25, 0.3) is 34.2 Å². The van der Waals surface area contributed by atoms with Gasteiger partial charge in [-0.15, -0.1) is 20.5 Å². The average Bonchev–Trinajstić information content (AvgIpc) is 3.98. The van der Waals surface area contributed by atoms with E-state index in [1.54, 1.807) is 20.2 Å². The Morgan fingerprint density at radius 2 is 1.02 bits per heavy atom. The zero-order valence-electron chi connectivity index (χ0n) is 32.4. The first-order valence-electron chi connectivity index (χ1n) is 17.9. The summed E-state index contributed by atoms with van der Waals surface area (Å²) in [5.74, 6) is -0.101. The Balaban J connectivity index is 1.24. The van der Waals surface area contributed by atoms with Gasteiger partial charge in [-0.3, -0.25) is 0 Å². The second kappa shape index (κ2) is 16.1. The molecule has 5 aromatic heterocycles. The van der Waals surface area contributed by atoms with E-state index < -0.39 is 11.9 Å². The second-order valence-electron chi connectivity index (χ2n) is 12.6. The molecule has 0 saturated heterocycles. The number of benzene rings is 2. The Labute approximate surface area is 330 Å². The van der Waals surface area contributed by atoms with Crippen molar-refractivity contribution in [3.8, 4) is 34.2 Å². The Kier molecular flexibility index (Phi) is 10.6. The van der Waals surface area contributed by atoms with Gasteiger partial charge in [-0.25, -0.2) is 28.9 Å². The fourth-order valence-electron chi connectivity index (χ4n) is 6.18. The van der Waals surface area contributed by atoms with Crippen LogP contribution in [0.4, 0.5) is 34.6 Å². The van der Waals surface area contributed by atoms with Crippen LogP contribution in [0.1, 0.15) is 46.0 Å². The molecule has 0 spiro atoms. The lowest BCUT2D eigenvalue weighted by molar-refractivity contribution is 0.0593. The van der Waals surface area contributed by atoms with E-state index in [0.717, 1.165) is 0 Å². The molecule has 0 aliphatic carbocycles. The Morgan fingerprint density at radius 1 is 0.621 bits per heavy atom. The number of aryl methyl sites for hydroxylation is 4. The van der Waals surface area contributed by atoms with E-state index in [0.29, 0.717) is 46.7 Å². The van der Waals surface area contributed by atoms with Crippen molar-refractivity contribution >= 4 is 46.6 Å². The van der Waals surface area contributed by atoms with Crippen LogP contribution in [0.15, 0.2) is 93.5 Å². The van der Waals surface area contributed by atoms with E-state index in [-0.39, 0.29) is 57.4 Å². The molecule has 0 amide bonds. The molecule has 7 aromatic rings. The largest absolute Gasteiger partial charge is 0.465 e. The third-order valence-electron chi connectivity index (χ3n) is 9.07. The highest BCUT2D eigenvalue weighted by Gasteiger charge is 2.27. The number of nitrogens with two attached hydrogens (primary N) is 2. The summed E-state index contributed by atoms with van der Waals surface area (Å²) < 4.78 is 15.9. The molecular weight excluding hydrogens is 745 g/mol. The number of azo groups is 2. The van der Waals surface area contributed by atoms with E-state index >= 15 is 0 Å². The van der Waals surface area contributed by atoms with Gasteiger partial charge in [0.25, 0.3) is 0 Å². The summed E-state index contributed by atoms with van der Waals surface area (Å²) in [6, 6.07) is 20.0. The quantitative estimate of drug-likeness (QED) is 0.102. The van der Waals surface area contributed by atoms with Gasteiger partial charge in [0.05, 0.1) is 25.6 Å². The van der Waals surface area contributed by atoms with Crippen LogP contribution in [0.5, 0.6) is 0 Å². The van der Waals surface area contributed by atoms with Crippen LogP contribution in [-0.2, 0) is 36.4 Å². The first kappa shape index (κ1) is 38.4. The SMILES string of the molecule is CCc1nn(-c2cc(-n3nc(CC)c(N=Nc4c(C(=O)OC)c(-c5ccccc5)nn4C)c3N)ncn2)c(N)c1N=Nc1c(C(=O)OC)c(-c2ccccc2)nn1C. The van der Waals surface area contributed by atoms with Crippen molar-refractivity contribution in [3.63, 3.8) is 0 Å². The topological polar surface area (TPSA) is 251 Å². The van der Waals surface area contributed by atoms with Crippen LogP contribution in [0, 0.1) is 0 Å². The Hall–Kier alpha value is -7.90. The highest BCUT2D eigenvalue weighted by atomic mass is 16.5. The third kappa shape index (κ3) is 6.93. The van der Waals surface area contributed by atoms with Gasteiger partial charge in [0.1, 0.15) is 28.8 Å². The molecule has 0 saturated carbocycles. The first-order chi connectivity index (χ1) is 28.1. The van der Waals surface area contributed by atoms with Gasteiger partial charge in [-0.2, -0.15) is 29.8 Å². The molecule has 0 aliphatic heterocycles. The number of nitrogen functional groups attached to an aromatic ring is 2. The monoisotopic (exact) mass is 782 g/mol. The average molecular weight is 783 g/mol. The fraction of sp³-hybridized carbons (Fsp3) is 0.211. The van der Waals surface area contributed by atoms with Crippen molar-refractivity contribution < 1.29 is 19.1 Å². The highest BCUT2D eigenvalue weighted by Crippen LogP contribution is 2.37. The van der Waals surface area contributed by atoms with E-state index in [1.807, 2.05) is 74.5 Å². The van der Waals surface area contributed by atoms with Crippen LogP contribution in [0.2, 0.25) is 0 Å². The smallest absolute Gasteiger partial charge is 0.344 e. The van der Waals surface area contributed by atoms with E-state index in [4.69, 9.17) is 20.9 Å². The number of hydrogen-bond donors (Lipinski definition) is 2. The van der Waals surface area contributed by atoms with E-state index in [9.17, 15) is 9.59 Å². The third-order valence-corrected chi connectivity index (χ3v) is 9.07. The van der Waals surface area contributed by atoms with Gasteiger partial charge in [0.15, 0.2) is 46.3 Å². The molecule has 2 aromatic carbocycles. The zero-order chi connectivity index (χ0) is 41.1. The lowest BCUT2D eigenvalue weighted by Crippen LogP contribution is -2.09. The lowest BCUT2D eigenvalue weighted by atomic mass is 10.1. The number of esters is 2. The predicted molar refractivity (Wildman–Crippen MR) is 212 cm³/mol. The molecule has 5 heterocycles. The Morgan fingerprint density at radius 3 is 1.38 bits per heavy atom. The number of aromatic nitrogens is 10. The molecular formula is C38H38N16O4. The van der Waals surface area contributed by atoms with Gasteiger partial charge in [0, 0.05) is 31.3 Å². The van der Waals surface area contributed by atoms with Gasteiger partial charge in [0.2, 0.25) is 0 Å². The Bertz CT molecular complexity index is 2530. The minimum Gasteiger partial charge on any atom is -0.465 e. The number of rotatable bonds is 12. The number of carbonyl (C=O) groups is 2. The first-order valence-corrected chi connectivity index (χ1v) is 17.9. The number of nitrogens with zero attached hydrogens (tertiary/aromatic N) is 14. The number of methoxy groups -OCH3 is 2. The maximum absolute atomic E-state index is 13.0. The van der Waals surface area contributed by atoms with Crippen molar-refractivity contribution in [2.24, 2.45) is 34.6 Å². The summed E-state index contributed by atoms with van der Waals surface area (Å²) in [5, 5.41) is 36.2. The molecule has 4 N–H and O–H groups in total. The van der Waals surface area contributed by atoms with E-state index in [2.05, 4.69) is 50.8 Å². The molecule has 58 heavy (non-hydrogen) atoms. The van der Waals surface area contributed by atoms with Gasteiger partial charge in [-0.05, 0) is 12.8 Å². The zero-order valence-corrected chi connectivity index (χ0v) is 32.4. The predicted octanol–water partition coefficient (Wildman–Crippen LogP) is 6.34. The summed E-state index contributed by atoms with van der Waals surface area (Å²) in [6.07, 6.45) is 2.20. The van der Waals surface area contributed by atoms with Crippen LogP contribution in [0.3, 0.4) is 0 Å². The fourth-order valence-corrected chi connectivity index (χ4v) is 6.18. The minimum atomic E-state index is -0.623. The summed E-state index contributed by atoms with van der Waals surface area (Å²) in [6.45, 7) is 3.78. The molecule has 7 rings (SSSR count). The molecule has 0 fully saturated rings. The van der Waals surface area contributed by atoms with Crippen LogP contribution >= 0.6 is 0 Å². The van der Waals surface area contributed by atoms with Crippen molar-refractivity contribution in [3.05, 3.63) is 95.6 Å². The van der Waals surface area contributed by atoms with Gasteiger partial charge < -0.3 is 20.9 Å². The number of carbonyl (C=O) groups excluding carboxylic acids is 2. The number of hydrogen-bond acceptors (Lipinski definition) is 16. The van der Waals surface area contributed by atoms with Crippen molar-refractivity contribution in [2.75, 3.05) is 25.7 Å². The summed E-state index contributed by atoms with van der Waals surface area (Å²) in [7, 11) is 5.88. The van der Waals surface area contributed by atoms with Gasteiger partial charge >= 0.3 is 11.9 Å². The number of anilines is 2. The van der Waals surface area contributed by atoms with Crippen molar-refractivity contribution in [1.82, 2.24) is 49.1 Å². The van der Waals surface area contributed by atoms with E-state index in [1.165, 1.54) is 39.3 Å². The summed E-state index contributed by atoms with van der Waals surface area (Å²) in [4.78, 5) is 34.8.